The highest BCUT2D eigenvalue weighted by atomic mass is 35.5. The lowest BCUT2D eigenvalue weighted by Gasteiger charge is -2.19. The van der Waals surface area contributed by atoms with Gasteiger partial charge in [0.25, 0.3) is 5.56 Å². The van der Waals surface area contributed by atoms with Crippen molar-refractivity contribution in [2.24, 2.45) is 5.92 Å². The number of nitrogens with zero attached hydrogens (tertiary/aromatic N) is 2. The Labute approximate surface area is 139 Å². The normalized spacial score (nSPS) is 23.9. The van der Waals surface area contributed by atoms with Crippen LogP contribution in [0, 0.1) is 5.92 Å². The predicted octanol–water partition coefficient (Wildman–Crippen LogP) is 1.80. The fourth-order valence-corrected chi connectivity index (χ4v) is 3.00. The maximum absolute atomic E-state index is 12.4. The smallest absolute Gasteiger partial charge is 0.292 e. The average Bonchev–Trinajstić information content (AvgIpc) is 2.88. The molecule has 122 valence electrons. The van der Waals surface area contributed by atoms with Crippen LogP contribution in [0.5, 0.6) is 0 Å². The molecule has 0 aliphatic carbocycles. The summed E-state index contributed by atoms with van der Waals surface area (Å²) in [6.07, 6.45) is 1.60. The quantitative estimate of drug-likeness (QED) is 0.796. The van der Waals surface area contributed by atoms with Crippen molar-refractivity contribution in [3.05, 3.63) is 51.9 Å². The van der Waals surface area contributed by atoms with E-state index < -0.39 is 0 Å². The Morgan fingerprint density at radius 1 is 1.22 bits per heavy atom. The Hall–Kier alpha value is -1.89. The summed E-state index contributed by atoms with van der Waals surface area (Å²) in [5.41, 5.74) is 7.35. The van der Waals surface area contributed by atoms with Crippen LogP contribution in [0.2, 0.25) is 5.02 Å². The Morgan fingerprint density at radius 3 is 2.52 bits per heavy atom. The van der Waals surface area contributed by atoms with Crippen molar-refractivity contribution in [3.8, 4) is 5.69 Å². The van der Waals surface area contributed by atoms with Crippen molar-refractivity contribution in [2.45, 2.75) is 25.9 Å². The molecule has 2 unspecified atom stereocenters. The summed E-state index contributed by atoms with van der Waals surface area (Å²) in [7, 11) is 0. The third kappa shape index (κ3) is 3.24. The van der Waals surface area contributed by atoms with Crippen LogP contribution in [-0.2, 0) is 0 Å². The first kappa shape index (κ1) is 16.0. The second-order valence-corrected chi connectivity index (χ2v) is 6.21. The van der Waals surface area contributed by atoms with E-state index in [0.717, 1.165) is 0 Å². The number of hydrogen-bond acceptors (Lipinski definition) is 5. The fraction of sp³-hybridized carbons (Fsp3) is 0.375. The van der Waals surface area contributed by atoms with Gasteiger partial charge in [-0.2, -0.15) is 9.78 Å². The molecular formula is C16H20ClN5O. The van der Waals surface area contributed by atoms with E-state index in [-0.39, 0.29) is 10.6 Å². The van der Waals surface area contributed by atoms with Crippen LogP contribution in [0.25, 0.3) is 5.69 Å². The number of hydrogen-bond donors (Lipinski definition) is 3. The molecule has 6 nitrogen and oxygen atoms in total. The number of aromatic nitrogens is 2. The number of hydrazine groups is 1. The standard InChI is InChI=1S/C16H20ClN5O/c1-10-13(11(2)21-20-10)8-18-14-9-19-22(16(23)15(14)17)12-6-4-3-5-7-12/h3-7,9-11,13,18,20-21H,8H2,1-2H3. The zero-order chi connectivity index (χ0) is 16.4. The van der Waals surface area contributed by atoms with Crippen LogP contribution in [0.3, 0.4) is 0 Å². The first-order valence-electron chi connectivity index (χ1n) is 7.66. The minimum Gasteiger partial charge on any atom is -0.382 e. The summed E-state index contributed by atoms with van der Waals surface area (Å²) < 4.78 is 1.30. The van der Waals surface area contributed by atoms with E-state index in [1.54, 1.807) is 6.20 Å². The topological polar surface area (TPSA) is 71.0 Å². The van der Waals surface area contributed by atoms with Gasteiger partial charge in [-0.15, -0.1) is 0 Å². The molecule has 0 spiro atoms. The van der Waals surface area contributed by atoms with E-state index in [1.165, 1.54) is 4.68 Å². The lowest BCUT2D eigenvalue weighted by atomic mass is 9.97. The van der Waals surface area contributed by atoms with Crippen molar-refractivity contribution in [1.82, 2.24) is 20.6 Å². The molecule has 1 aliphatic rings. The van der Waals surface area contributed by atoms with Crippen LogP contribution in [-0.4, -0.2) is 28.4 Å². The molecule has 0 amide bonds. The van der Waals surface area contributed by atoms with Gasteiger partial charge in [-0.05, 0) is 26.0 Å². The highest BCUT2D eigenvalue weighted by Crippen LogP contribution is 2.20. The number of para-hydroxylation sites is 1. The Kier molecular flexibility index (Phi) is 4.66. The summed E-state index contributed by atoms with van der Waals surface area (Å²) in [6.45, 7) is 4.95. The number of nitrogens with one attached hydrogen (secondary N) is 3. The van der Waals surface area contributed by atoms with Crippen molar-refractivity contribution in [3.63, 3.8) is 0 Å². The summed E-state index contributed by atoms with van der Waals surface area (Å²) in [5, 5.41) is 7.62. The SMILES string of the molecule is CC1NNC(C)C1CNc1cnn(-c2ccccc2)c(=O)c1Cl. The highest BCUT2D eigenvalue weighted by molar-refractivity contribution is 6.32. The number of benzene rings is 1. The summed E-state index contributed by atoms with van der Waals surface area (Å²) >= 11 is 6.24. The third-order valence-electron chi connectivity index (χ3n) is 4.27. The van der Waals surface area contributed by atoms with Crippen LogP contribution in [0.4, 0.5) is 5.69 Å². The van der Waals surface area contributed by atoms with E-state index >= 15 is 0 Å². The first-order chi connectivity index (χ1) is 11.1. The molecule has 1 aromatic carbocycles. The lowest BCUT2D eigenvalue weighted by Crippen LogP contribution is -2.31. The monoisotopic (exact) mass is 333 g/mol. The maximum Gasteiger partial charge on any atom is 0.292 e. The molecule has 0 saturated carbocycles. The molecule has 2 heterocycles. The summed E-state index contributed by atoms with van der Waals surface area (Å²) in [6, 6.07) is 9.91. The maximum atomic E-state index is 12.4. The zero-order valence-corrected chi connectivity index (χ0v) is 13.8. The van der Waals surface area contributed by atoms with Gasteiger partial charge >= 0.3 is 0 Å². The van der Waals surface area contributed by atoms with E-state index in [0.29, 0.717) is 35.9 Å². The van der Waals surface area contributed by atoms with Crippen LogP contribution >= 0.6 is 11.6 Å². The lowest BCUT2D eigenvalue weighted by molar-refractivity contribution is 0.466. The van der Waals surface area contributed by atoms with Crippen molar-refractivity contribution < 1.29 is 0 Å². The molecule has 1 saturated heterocycles. The van der Waals surface area contributed by atoms with Crippen LogP contribution in [0.15, 0.2) is 41.3 Å². The van der Waals surface area contributed by atoms with E-state index in [4.69, 9.17) is 11.6 Å². The molecule has 0 radical (unpaired) electrons. The largest absolute Gasteiger partial charge is 0.382 e. The molecule has 2 atom stereocenters. The summed E-state index contributed by atoms with van der Waals surface area (Å²) in [4.78, 5) is 12.4. The number of anilines is 1. The second kappa shape index (κ2) is 6.70. The van der Waals surface area contributed by atoms with Gasteiger partial charge in [-0.25, -0.2) is 0 Å². The molecule has 3 N–H and O–H groups in total. The van der Waals surface area contributed by atoms with E-state index in [9.17, 15) is 4.79 Å². The minimum atomic E-state index is -0.327. The minimum absolute atomic E-state index is 0.156. The van der Waals surface area contributed by atoms with Gasteiger partial charge in [0.05, 0.1) is 17.6 Å². The molecular weight excluding hydrogens is 314 g/mol. The average molecular weight is 334 g/mol. The Bertz CT molecular complexity index is 723. The number of halogens is 1. The van der Waals surface area contributed by atoms with Gasteiger partial charge in [0.2, 0.25) is 0 Å². The van der Waals surface area contributed by atoms with Crippen LogP contribution < -0.4 is 21.7 Å². The van der Waals surface area contributed by atoms with Gasteiger partial charge < -0.3 is 5.32 Å². The van der Waals surface area contributed by atoms with Gasteiger partial charge in [0.1, 0.15) is 5.02 Å². The molecule has 2 aromatic rings. The van der Waals surface area contributed by atoms with Gasteiger partial charge in [0.15, 0.2) is 0 Å². The molecule has 1 aromatic heterocycles. The Balaban J connectivity index is 1.80. The van der Waals surface area contributed by atoms with E-state index in [1.807, 2.05) is 30.3 Å². The molecule has 1 fully saturated rings. The van der Waals surface area contributed by atoms with Crippen LogP contribution in [0.1, 0.15) is 13.8 Å². The second-order valence-electron chi connectivity index (χ2n) is 5.84. The first-order valence-corrected chi connectivity index (χ1v) is 8.04. The van der Waals surface area contributed by atoms with Crippen molar-refractivity contribution >= 4 is 17.3 Å². The van der Waals surface area contributed by atoms with Gasteiger partial charge in [-0.3, -0.25) is 15.6 Å². The molecule has 1 aliphatic heterocycles. The molecule has 7 heteroatoms. The van der Waals surface area contributed by atoms with Crippen molar-refractivity contribution in [2.75, 3.05) is 11.9 Å². The fourth-order valence-electron chi connectivity index (χ4n) is 2.80. The number of rotatable bonds is 4. The Morgan fingerprint density at radius 2 is 1.87 bits per heavy atom. The summed E-state index contributed by atoms with van der Waals surface area (Å²) in [5.74, 6) is 0.391. The predicted molar refractivity (Wildman–Crippen MR) is 92.0 cm³/mol. The van der Waals surface area contributed by atoms with Crippen molar-refractivity contribution in [1.29, 1.82) is 0 Å². The zero-order valence-electron chi connectivity index (χ0n) is 13.1. The third-order valence-corrected chi connectivity index (χ3v) is 4.64. The van der Waals surface area contributed by atoms with Gasteiger partial charge in [0, 0.05) is 24.5 Å². The molecule has 23 heavy (non-hydrogen) atoms. The van der Waals surface area contributed by atoms with Gasteiger partial charge in [-0.1, -0.05) is 29.8 Å². The van der Waals surface area contributed by atoms with E-state index in [2.05, 4.69) is 35.1 Å². The molecule has 0 bridgehead atoms. The molecule has 3 rings (SSSR count). The highest BCUT2D eigenvalue weighted by Gasteiger charge is 2.29.